The number of hydrazine groups is 1. The second-order valence-corrected chi connectivity index (χ2v) is 4.42. The van der Waals surface area contributed by atoms with E-state index in [2.05, 4.69) is 10.4 Å². The molecule has 1 aromatic heterocycles. The van der Waals surface area contributed by atoms with Crippen LogP contribution in [0, 0.1) is 0 Å². The Labute approximate surface area is 102 Å². The fourth-order valence-corrected chi connectivity index (χ4v) is 1.29. The molecule has 1 heterocycles. The summed E-state index contributed by atoms with van der Waals surface area (Å²) in [5.74, 6) is 6.01. The Hall–Kier alpha value is -1.17. The zero-order valence-corrected chi connectivity index (χ0v) is 10.7. The number of nitrogen functional groups attached to an aromatic ring is 1. The molecule has 5 heteroatoms. The molecule has 0 radical (unpaired) electrons. The van der Waals surface area contributed by atoms with Crippen molar-refractivity contribution in [3.8, 4) is 0 Å². The molecule has 1 rings (SSSR count). The van der Waals surface area contributed by atoms with E-state index in [0.29, 0.717) is 19.0 Å². The lowest BCUT2D eigenvalue weighted by atomic mass is 10.1. The summed E-state index contributed by atoms with van der Waals surface area (Å²) in [6, 6.07) is 3.79. The minimum atomic E-state index is -0.149. The van der Waals surface area contributed by atoms with Gasteiger partial charge in [-0.1, -0.05) is 6.07 Å². The number of hydrogen-bond donors (Lipinski definition) is 2. The third-order valence-electron chi connectivity index (χ3n) is 2.69. The van der Waals surface area contributed by atoms with Crippen LogP contribution in [0.1, 0.15) is 25.8 Å². The van der Waals surface area contributed by atoms with Gasteiger partial charge >= 0.3 is 0 Å². The van der Waals surface area contributed by atoms with E-state index in [1.165, 1.54) is 0 Å². The highest BCUT2D eigenvalue weighted by atomic mass is 16.5. The number of anilines is 1. The normalized spacial score (nSPS) is 11.5. The Bertz CT molecular complexity index is 342. The summed E-state index contributed by atoms with van der Waals surface area (Å²) in [7, 11) is 1.71. The second-order valence-electron chi connectivity index (χ2n) is 4.42. The van der Waals surface area contributed by atoms with Crippen LogP contribution in [0.15, 0.2) is 18.3 Å². The number of methoxy groups -OCH3 is 1. The molecule has 0 saturated carbocycles. The molecule has 0 fully saturated rings. The first-order valence-electron chi connectivity index (χ1n) is 5.62. The molecule has 0 unspecified atom stereocenters. The number of nitrogens with zero attached hydrogens (tertiary/aromatic N) is 1. The van der Waals surface area contributed by atoms with E-state index in [1.54, 1.807) is 13.3 Å². The fourth-order valence-electron chi connectivity index (χ4n) is 1.29. The zero-order valence-electron chi connectivity index (χ0n) is 10.7. The van der Waals surface area contributed by atoms with Crippen LogP contribution < -0.4 is 11.3 Å². The number of aromatic nitrogens is 1. The predicted octanol–water partition coefficient (Wildman–Crippen LogP) is 1.70. The van der Waals surface area contributed by atoms with Crippen molar-refractivity contribution in [2.45, 2.75) is 32.5 Å². The van der Waals surface area contributed by atoms with Crippen molar-refractivity contribution >= 4 is 5.82 Å². The first kappa shape index (κ1) is 13.9. The lowest BCUT2D eigenvalue weighted by molar-refractivity contribution is -0.0124. The van der Waals surface area contributed by atoms with Crippen LogP contribution in [0.4, 0.5) is 5.82 Å². The molecule has 0 aromatic carbocycles. The first-order valence-corrected chi connectivity index (χ1v) is 5.62. The number of rotatable bonds is 7. The SMILES string of the molecule is COC(C)(C)CCOCc1cccnc1NN. The van der Waals surface area contributed by atoms with Crippen LogP contribution >= 0.6 is 0 Å². The Morgan fingerprint density at radius 2 is 2.24 bits per heavy atom. The molecule has 17 heavy (non-hydrogen) atoms. The van der Waals surface area contributed by atoms with Crippen molar-refractivity contribution in [2.75, 3.05) is 19.1 Å². The van der Waals surface area contributed by atoms with E-state index in [1.807, 2.05) is 26.0 Å². The lowest BCUT2D eigenvalue weighted by Gasteiger charge is -2.22. The van der Waals surface area contributed by atoms with Gasteiger partial charge in [-0.2, -0.15) is 0 Å². The largest absolute Gasteiger partial charge is 0.379 e. The van der Waals surface area contributed by atoms with Gasteiger partial charge in [0.05, 0.1) is 12.2 Å². The third-order valence-corrected chi connectivity index (χ3v) is 2.69. The molecule has 0 aliphatic carbocycles. The lowest BCUT2D eigenvalue weighted by Crippen LogP contribution is -2.24. The van der Waals surface area contributed by atoms with Gasteiger partial charge in [-0.15, -0.1) is 0 Å². The predicted molar refractivity (Wildman–Crippen MR) is 67.4 cm³/mol. The van der Waals surface area contributed by atoms with E-state index in [0.717, 1.165) is 12.0 Å². The van der Waals surface area contributed by atoms with Gasteiger partial charge < -0.3 is 14.9 Å². The molecule has 0 bridgehead atoms. The van der Waals surface area contributed by atoms with Gasteiger partial charge in [0, 0.05) is 25.5 Å². The van der Waals surface area contributed by atoms with E-state index >= 15 is 0 Å². The van der Waals surface area contributed by atoms with Crippen molar-refractivity contribution in [1.82, 2.24) is 4.98 Å². The Morgan fingerprint density at radius 1 is 1.47 bits per heavy atom. The molecule has 96 valence electrons. The molecular weight excluding hydrogens is 218 g/mol. The summed E-state index contributed by atoms with van der Waals surface area (Å²) < 4.78 is 10.9. The van der Waals surface area contributed by atoms with Gasteiger partial charge in [0.25, 0.3) is 0 Å². The summed E-state index contributed by atoms with van der Waals surface area (Å²) in [6.45, 7) is 5.20. The molecule has 5 nitrogen and oxygen atoms in total. The molecule has 1 aromatic rings. The molecule has 0 spiro atoms. The smallest absolute Gasteiger partial charge is 0.145 e. The van der Waals surface area contributed by atoms with Crippen molar-refractivity contribution in [3.63, 3.8) is 0 Å². The van der Waals surface area contributed by atoms with Crippen LogP contribution in [0.5, 0.6) is 0 Å². The highest BCUT2D eigenvalue weighted by molar-refractivity contribution is 5.41. The van der Waals surface area contributed by atoms with Gasteiger partial charge in [-0.25, -0.2) is 10.8 Å². The molecule has 0 amide bonds. The maximum atomic E-state index is 5.58. The van der Waals surface area contributed by atoms with Crippen LogP contribution in [-0.4, -0.2) is 24.3 Å². The maximum Gasteiger partial charge on any atom is 0.145 e. The highest BCUT2D eigenvalue weighted by Gasteiger charge is 2.15. The summed E-state index contributed by atoms with van der Waals surface area (Å²) in [5, 5.41) is 0. The van der Waals surface area contributed by atoms with Gasteiger partial charge in [0.2, 0.25) is 0 Å². The van der Waals surface area contributed by atoms with E-state index < -0.39 is 0 Å². The van der Waals surface area contributed by atoms with Gasteiger partial charge in [-0.05, 0) is 26.3 Å². The Kier molecular flexibility index (Phi) is 5.34. The monoisotopic (exact) mass is 239 g/mol. The minimum Gasteiger partial charge on any atom is -0.379 e. The van der Waals surface area contributed by atoms with Gasteiger partial charge in [-0.3, -0.25) is 0 Å². The average Bonchev–Trinajstić information content (AvgIpc) is 2.35. The molecule has 0 aliphatic heterocycles. The third kappa shape index (κ3) is 4.68. The summed E-state index contributed by atoms with van der Waals surface area (Å²) in [5.41, 5.74) is 3.35. The number of hydrogen-bond acceptors (Lipinski definition) is 5. The second kappa shape index (κ2) is 6.54. The van der Waals surface area contributed by atoms with Crippen molar-refractivity contribution in [1.29, 1.82) is 0 Å². The zero-order chi connectivity index (χ0) is 12.7. The van der Waals surface area contributed by atoms with Crippen molar-refractivity contribution in [2.24, 2.45) is 5.84 Å². The van der Waals surface area contributed by atoms with Gasteiger partial charge in [0.1, 0.15) is 5.82 Å². The standard InChI is InChI=1S/C12H21N3O2/c1-12(2,16-3)6-8-17-9-10-5-4-7-14-11(10)15-13/h4-5,7H,6,8-9,13H2,1-3H3,(H,14,15). The minimum absolute atomic E-state index is 0.149. The van der Waals surface area contributed by atoms with Crippen LogP contribution in [0.25, 0.3) is 0 Å². The van der Waals surface area contributed by atoms with Crippen molar-refractivity contribution in [3.05, 3.63) is 23.9 Å². The molecular formula is C12H21N3O2. The highest BCUT2D eigenvalue weighted by Crippen LogP contribution is 2.15. The first-order chi connectivity index (χ1) is 8.09. The molecule has 0 atom stereocenters. The fraction of sp³-hybridized carbons (Fsp3) is 0.583. The Morgan fingerprint density at radius 3 is 2.88 bits per heavy atom. The topological polar surface area (TPSA) is 69.4 Å². The Balaban J connectivity index is 2.36. The number of nitrogens with two attached hydrogens (primary N) is 1. The van der Waals surface area contributed by atoms with Crippen LogP contribution in [-0.2, 0) is 16.1 Å². The summed E-state index contributed by atoms with van der Waals surface area (Å²) in [6.07, 6.45) is 2.53. The number of nitrogens with one attached hydrogen (secondary N) is 1. The summed E-state index contributed by atoms with van der Waals surface area (Å²) in [4.78, 5) is 4.10. The van der Waals surface area contributed by atoms with Crippen LogP contribution in [0.2, 0.25) is 0 Å². The van der Waals surface area contributed by atoms with Gasteiger partial charge in [0.15, 0.2) is 0 Å². The average molecular weight is 239 g/mol. The molecule has 3 N–H and O–H groups in total. The number of ether oxygens (including phenoxy) is 2. The van der Waals surface area contributed by atoms with E-state index in [4.69, 9.17) is 15.3 Å². The van der Waals surface area contributed by atoms with Crippen LogP contribution in [0.3, 0.4) is 0 Å². The molecule has 0 saturated heterocycles. The maximum absolute atomic E-state index is 5.58. The van der Waals surface area contributed by atoms with E-state index in [-0.39, 0.29) is 5.60 Å². The summed E-state index contributed by atoms with van der Waals surface area (Å²) >= 11 is 0. The van der Waals surface area contributed by atoms with Crippen molar-refractivity contribution < 1.29 is 9.47 Å². The number of pyridine rings is 1. The van der Waals surface area contributed by atoms with E-state index in [9.17, 15) is 0 Å². The quantitative estimate of drug-likeness (QED) is 0.430. The molecule has 0 aliphatic rings.